The van der Waals surface area contributed by atoms with Crippen molar-refractivity contribution in [1.29, 1.82) is 0 Å². The molecule has 1 aliphatic heterocycles. The van der Waals surface area contributed by atoms with E-state index >= 15 is 0 Å². The fourth-order valence-electron chi connectivity index (χ4n) is 3.19. The zero-order valence-corrected chi connectivity index (χ0v) is 13.5. The number of hydrogen-bond donors (Lipinski definition) is 1. The van der Waals surface area contributed by atoms with E-state index in [0.29, 0.717) is 0 Å². The van der Waals surface area contributed by atoms with Gasteiger partial charge in [-0.05, 0) is 26.9 Å². The number of nitrogens with zero attached hydrogens (tertiary/aromatic N) is 3. The van der Waals surface area contributed by atoms with E-state index < -0.39 is 0 Å². The fourth-order valence-corrected chi connectivity index (χ4v) is 3.19. The topological polar surface area (TPSA) is 35.7 Å². The van der Waals surface area contributed by atoms with Gasteiger partial charge in [-0.15, -0.1) is 0 Å². The second-order valence-electron chi connectivity index (χ2n) is 6.16. The minimum Gasteiger partial charge on any atom is -0.329 e. The maximum absolute atomic E-state index is 6.11. The summed E-state index contributed by atoms with van der Waals surface area (Å²) in [4.78, 5) is 7.50. The predicted molar refractivity (Wildman–Crippen MR) is 83.6 cm³/mol. The highest BCUT2D eigenvalue weighted by atomic mass is 15.3. The van der Waals surface area contributed by atoms with E-state index in [9.17, 15) is 0 Å². The van der Waals surface area contributed by atoms with Gasteiger partial charge in [0.25, 0.3) is 0 Å². The van der Waals surface area contributed by atoms with Crippen molar-refractivity contribution in [2.75, 3.05) is 59.9 Å². The Bertz CT molecular complexity index is 230. The Morgan fingerprint density at radius 3 is 2.16 bits per heavy atom. The van der Waals surface area contributed by atoms with Crippen LogP contribution in [0.4, 0.5) is 0 Å². The van der Waals surface area contributed by atoms with Crippen molar-refractivity contribution >= 4 is 0 Å². The molecule has 0 aliphatic carbocycles. The van der Waals surface area contributed by atoms with E-state index in [1.165, 1.54) is 52.0 Å². The van der Waals surface area contributed by atoms with Crippen LogP contribution in [0.3, 0.4) is 0 Å². The standard InChI is InChI=1S/C15H34N4/c1-5-7-15(6-2,14-16)19-12-10-18(11-13-19)9-8-17(3)4/h5-14,16H2,1-4H3. The first-order valence-electron chi connectivity index (χ1n) is 7.90. The SMILES string of the molecule is CCCC(CC)(CN)N1CCN(CCN(C)C)CC1. The maximum atomic E-state index is 6.11. The second-order valence-corrected chi connectivity index (χ2v) is 6.16. The molecule has 19 heavy (non-hydrogen) atoms. The number of likely N-dealkylation sites (N-methyl/N-ethyl adjacent to an activating group) is 1. The Balaban J connectivity index is 2.46. The molecule has 0 aromatic rings. The molecule has 1 unspecified atom stereocenters. The van der Waals surface area contributed by atoms with Gasteiger partial charge in [0.2, 0.25) is 0 Å². The van der Waals surface area contributed by atoms with Gasteiger partial charge in [0, 0.05) is 51.4 Å². The van der Waals surface area contributed by atoms with Gasteiger partial charge >= 0.3 is 0 Å². The molecule has 1 atom stereocenters. The molecule has 114 valence electrons. The van der Waals surface area contributed by atoms with Crippen LogP contribution in [0.5, 0.6) is 0 Å². The Hall–Kier alpha value is -0.160. The lowest BCUT2D eigenvalue weighted by molar-refractivity contribution is 0.0259. The summed E-state index contributed by atoms with van der Waals surface area (Å²) in [6.07, 6.45) is 3.64. The summed E-state index contributed by atoms with van der Waals surface area (Å²) < 4.78 is 0. The highest BCUT2D eigenvalue weighted by Gasteiger charge is 2.34. The molecule has 0 bridgehead atoms. The Kier molecular flexibility index (Phi) is 7.29. The van der Waals surface area contributed by atoms with Crippen molar-refractivity contribution in [3.63, 3.8) is 0 Å². The van der Waals surface area contributed by atoms with Gasteiger partial charge in [0.05, 0.1) is 0 Å². The largest absolute Gasteiger partial charge is 0.329 e. The molecule has 0 radical (unpaired) electrons. The Morgan fingerprint density at radius 2 is 1.74 bits per heavy atom. The van der Waals surface area contributed by atoms with Crippen molar-refractivity contribution in [1.82, 2.24) is 14.7 Å². The minimum atomic E-state index is 0.252. The first-order valence-corrected chi connectivity index (χ1v) is 7.90. The molecule has 4 nitrogen and oxygen atoms in total. The van der Waals surface area contributed by atoms with Crippen LogP contribution >= 0.6 is 0 Å². The highest BCUT2D eigenvalue weighted by Crippen LogP contribution is 2.25. The highest BCUT2D eigenvalue weighted by molar-refractivity contribution is 4.92. The molecule has 1 aliphatic rings. The molecule has 0 saturated carbocycles. The summed E-state index contributed by atoms with van der Waals surface area (Å²) >= 11 is 0. The normalized spacial score (nSPS) is 21.8. The summed E-state index contributed by atoms with van der Waals surface area (Å²) in [6, 6.07) is 0. The van der Waals surface area contributed by atoms with E-state index in [1.54, 1.807) is 0 Å². The van der Waals surface area contributed by atoms with Crippen molar-refractivity contribution in [3.05, 3.63) is 0 Å². The van der Waals surface area contributed by atoms with Crippen LogP contribution in [0.2, 0.25) is 0 Å². The third-order valence-corrected chi connectivity index (χ3v) is 4.66. The van der Waals surface area contributed by atoms with Crippen molar-refractivity contribution in [3.8, 4) is 0 Å². The van der Waals surface area contributed by atoms with Crippen molar-refractivity contribution in [2.45, 2.75) is 38.6 Å². The van der Waals surface area contributed by atoms with E-state index in [0.717, 1.165) is 13.1 Å². The first kappa shape index (κ1) is 16.9. The van der Waals surface area contributed by atoms with Crippen molar-refractivity contribution < 1.29 is 0 Å². The quantitative estimate of drug-likeness (QED) is 0.716. The van der Waals surface area contributed by atoms with E-state index in [-0.39, 0.29) is 5.54 Å². The van der Waals surface area contributed by atoms with Crippen LogP contribution in [0.25, 0.3) is 0 Å². The average Bonchev–Trinajstić information content (AvgIpc) is 2.43. The molecule has 2 N–H and O–H groups in total. The molecule has 0 aromatic carbocycles. The number of rotatable bonds is 8. The Labute approximate surface area is 119 Å². The van der Waals surface area contributed by atoms with Gasteiger partial charge in [-0.2, -0.15) is 0 Å². The molecule has 1 saturated heterocycles. The first-order chi connectivity index (χ1) is 9.07. The summed E-state index contributed by atoms with van der Waals surface area (Å²) in [7, 11) is 4.29. The summed E-state index contributed by atoms with van der Waals surface area (Å²) in [5.74, 6) is 0. The van der Waals surface area contributed by atoms with E-state index in [2.05, 4.69) is 42.6 Å². The zero-order chi connectivity index (χ0) is 14.3. The molecule has 1 fully saturated rings. The van der Waals surface area contributed by atoms with Crippen molar-refractivity contribution in [2.24, 2.45) is 5.73 Å². The minimum absolute atomic E-state index is 0.252. The zero-order valence-electron chi connectivity index (χ0n) is 13.5. The predicted octanol–water partition coefficient (Wildman–Crippen LogP) is 1.07. The molecular formula is C15H34N4. The van der Waals surface area contributed by atoms with Crippen LogP contribution in [-0.2, 0) is 0 Å². The number of hydrogen-bond acceptors (Lipinski definition) is 4. The van der Waals surface area contributed by atoms with Gasteiger partial charge in [-0.3, -0.25) is 9.80 Å². The molecular weight excluding hydrogens is 236 g/mol. The molecule has 1 heterocycles. The van der Waals surface area contributed by atoms with Gasteiger partial charge in [-0.1, -0.05) is 20.3 Å². The van der Waals surface area contributed by atoms with Gasteiger partial charge in [0.15, 0.2) is 0 Å². The molecule has 0 amide bonds. The summed E-state index contributed by atoms with van der Waals surface area (Å²) in [5.41, 5.74) is 6.36. The lowest BCUT2D eigenvalue weighted by Crippen LogP contribution is -2.60. The number of nitrogens with two attached hydrogens (primary N) is 1. The molecule has 0 aromatic heterocycles. The lowest BCUT2D eigenvalue weighted by Gasteiger charge is -2.47. The number of piperazine rings is 1. The fraction of sp³-hybridized carbons (Fsp3) is 1.00. The van der Waals surface area contributed by atoms with Crippen LogP contribution in [0.1, 0.15) is 33.1 Å². The smallest absolute Gasteiger partial charge is 0.0330 e. The maximum Gasteiger partial charge on any atom is 0.0330 e. The Morgan fingerprint density at radius 1 is 1.11 bits per heavy atom. The third-order valence-electron chi connectivity index (χ3n) is 4.66. The van der Waals surface area contributed by atoms with E-state index in [4.69, 9.17) is 5.73 Å². The molecule has 0 spiro atoms. The van der Waals surface area contributed by atoms with Crippen LogP contribution in [0.15, 0.2) is 0 Å². The average molecular weight is 270 g/mol. The molecule has 4 heteroatoms. The van der Waals surface area contributed by atoms with Crippen LogP contribution < -0.4 is 5.73 Å². The van der Waals surface area contributed by atoms with E-state index in [1.807, 2.05) is 0 Å². The second kappa shape index (κ2) is 8.20. The van der Waals surface area contributed by atoms with Gasteiger partial charge in [-0.25, -0.2) is 0 Å². The summed E-state index contributed by atoms with van der Waals surface area (Å²) in [6.45, 7) is 12.5. The van der Waals surface area contributed by atoms with Crippen LogP contribution in [-0.4, -0.2) is 80.1 Å². The lowest BCUT2D eigenvalue weighted by atomic mass is 9.88. The van der Waals surface area contributed by atoms with Crippen LogP contribution in [0, 0.1) is 0 Å². The molecule has 1 rings (SSSR count). The monoisotopic (exact) mass is 270 g/mol. The van der Waals surface area contributed by atoms with Gasteiger partial charge in [0.1, 0.15) is 0 Å². The third kappa shape index (κ3) is 4.71. The van der Waals surface area contributed by atoms with Gasteiger partial charge < -0.3 is 10.6 Å². The summed E-state index contributed by atoms with van der Waals surface area (Å²) in [5, 5.41) is 0.